The number of piperazine rings is 1. The number of nitrogens with one attached hydrogen (secondary N) is 3. The van der Waals surface area contributed by atoms with Crippen LogP contribution in [0.25, 0.3) is 0 Å². The third-order valence-corrected chi connectivity index (χ3v) is 7.47. The minimum absolute atomic E-state index is 0.0520. The van der Waals surface area contributed by atoms with E-state index in [9.17, 15) is 19.2 Å². The van der Waals surface area contributed by atoms with E-state index < -0.39 is 29.7 Å². The third kappa shape index (κ3) is 6.27. The molecule has 4 amide bonds. The summed E-state index contributed by atoms with van der Waals surface area (Å²) in [6, 6.07) is 4.53. The molecule has 2 fully saturated rings. The number of halogens is 1. The van der Waals surface area contributed by atoms with Crippen molar-refractivity contribution in [3.63, 3.8) is 0 Å². The maximum atomic E-state index is 15.0. The first-order valence-corrected chi connectivity index (χ1v) is 13.3. The zero-order valence-corrected chi connectivity index (χ0v) is 22.7. The fourth-order valence-corrected chi connectivity index (χ4v) is 5.21. The van der Waals surface area contributed by atoms with Gasteiger partial charge < -0.3 is 20.9 Å². The van der Waals surface area contributed by atoms with Crippen molar-refractivity contribution in [3.8, 4) is 0 Å². The number of likely N-dealkylation sites (tertiary alicyclic amines) is 2. The lowest BCUT2D eigenvalue weighted by Crippen LogP contribution is -2.55. The van der Waals surface area contributed by atoms with Crippen LogP contribution in [0, 0.1) is 5.82 Å². The van der Waals surface area contributed by atoms with E-state index >= 15 is 4.39 Å². The molecule has 4 rings (SSSR count). The lowest BCUT2D eigenvalue weighted by atomic mass is 10.0. The van der Waals surface area contributed by atoms with E-state index in [-0.39, 0.29) is 36.4 Å². The molecule has 11 nitrogen and oxygen atoms in total. The first-order valence-electron chi connectivity index (χ1n) is 13.3. The van der Waals surface area contributed by atoms with Gasteiger partial charge in [-0.05, 0) is 51.1 Å². The highest BCUT2D eigenvalue weighted by molar-refractivity contribution is 6.00. The number of amides is 4. The normalized spacial score (nSPS) is 20.0. The van der Waals surface area contributed by atoms with Gasteiger partial charge in [0.1, 0.15) is 23.6 Å². The second-order valence-corrected chi connectivity index (χ2v) is 10.2. The van der Waals surface area contributed by atoms with Gasteiger partial charge in [-0.3, -0.25) is 28.8 Å². The number of nitrogens with zero attached hydrogens (tertiary/aromatic N) is 4. The van der Waals surface area contributed by atoms with Crippen molar-refractivity contribution in [2.24, 2.45) is 0 Å². The third-order valence-electron chi connectivity index (χ3n) is 7.47. The molecule has 3 heterocycles. The average Bonchev–Trinajstić information content (AvgIpc) is 3.64. The fourth-order valence-electron chi connectivity index (χ4n) is 5.21. The maximum absolute atomic E-state index is 15.0. The lowest BCUT2D eigenvalue weighted by Gasteiger charge is -2.34. The van der Waals surface area contributed by atoms with Crippen LogP contribution >= 0.6 is 0 Å². The van der Waals surface area contributed by atoms with E-state index in [2.05, 4.69) is 25.9 Å². The van der Waals surface area contributed by atoms with Crippen molar-refractivity contribution in [2.45, 2.75) is 70.7 Å². The highest BCUT2D eigenvalue weighted by Gasteiger charge is 2.45. The Hall–Kier alpha value is -3.80. The molecule has 12 heteroatoms. The molecule has 0 aliphatic carbocycles. The SMILES string of the molecule is CCC(=O)N[C@H](Cc1ccc(NC(=O)[C@H](C)NC(=O)c2ccnn2CC)c(F)c1)C(=O)N1C[C@@H]2C[C@H]1CN2C. The van der Waals surface area contributed by atoms with E-state index in [1.54, 1.807) is 19.1 Å². The number of benzene rings is 1. The second kappa shape index (κ2) is 11.9. The molecule has 1 aromatic heterocycles. The summed E-state index contributed by atoms with van der Waals surface area (Å²) < 4.78 is 16.5. The van der Waals surface area contributed by atoms with Gasteiger partial charge in [-0.1, -0.05) is 13.0 Å². The molecular formula is C27H36FN7O4. The summed E-state index contributed by atoms with van der Waals surface area (Å²) in [5, 5.41) is 11.9. The molecule has 4 atom stereocenters. The summed E-state index contributed by atoms with van der Waals surface area (Å²) in [6.07, 6.45) is 2.77. The maximum Gasteiger partial charge on any atom is 0.270 e. The number of rotatable bonds is 10. The smallest absolute Gasteiger partial charge is 0.270 e. The predicted molar refractivity (Wildman–Crippen MR) is 142 cm³/mol. The summed E-state index contributed by atoms with van der Waals surface area (Å²) in [5.41, 5.74) is 0.778. The van der Waals surface area contributed by atoms with Crippen molar-refractivity contribution in [1.29, 1.82) is 0 Å². The van der Waals surface area contributed by atoms with Crippen molar-refractivity contribution >= 4 is 29.3 Å². The number of carbonyl (C=O) groups is 4. The first kappa shape index (κ1) is 28.2. The quantitative estimate of drug-likeness (QED) is 0.414. The predicted octanol–water partition coefficient (Wildman–Crippen LogP) is 1.15. The summed E-state index contributed by atoms with van der Waals surface area (Å²) in [6.45, 7) is 6.97. The lowest BCUT2D eigenvalue weighted by molar-refractivity contribution is -0.138. The average molecular weight is 542 g/mol. The number of aromatic nitrogens is 2. The molecule has 1 aromatic carbocycles. The zero-order chi connectivity index (χ0) is 28.3. The molecule has 2 saturated heterocycles. The van der Waals surface area contributed by atoms with E-state index in [0.29, 0.717) is 30.4 Å². The second-order valence-electron chi connectivity index (χ2n) is 10.2. The number of likely N-dealkylation sites (N-methyl/N-ethyl adjacent to an activating group) is 1. The monoisotopic (exact) mass is 541 g/mol. The Bertz CT molecular complexity index is 1250. The van der Waals surface area contributed by atoms with Crippen molar-refractivity contribution < 1.29 is 23.6 Å². The first-order chi connectivity index (χ1) is 18.6. The van der Waals surface area contributed by atoms with Gasteiger partial charge in [-0.15, -0.1) is 0 Å². The van der Waals surface area contributed by atoms with Crippen molar-refractivity contribution in [3.05, 3.63) is 47.5 Å². The molecule has 0 radical (unpaired) electrons. The van der Waals surface area contributed by atoms with Crippen molar-refractivity contribution in [1.82, 2.24) is 30.2 Å². The van der Waals surface area contributed by atoms with Gasteiger partial charge in [0.05, 0.1) is 5.69 Å². The number of carbonyl (C=O) groups excluding carboxylic acids is 4. The molecule has 2 aliphatic heterocycles. The molecule has 3 N–H and O–H groups in total. The summed E-state index contributed by atoms with van der Waals surface area (Å²) in [7, 11) is 2.04. The largest absolute Gasteiger partial charge is 0.344 e. The van der Waals surface area contributed by atoms with Crippen LogP contribution in [-0.2, 0) is 27.3 Å². The molecule has 2 bridgehead atoms. The van der Waals surface area contributed by atoms with Crippen LogP contribution in [0.5, 0.6) is 0 Å². The van der Waals surface area contributed by atoms with Gasteiger partial charge in [-0.25, -0.2) is 4.39 Å². The van der Waals surface area contributed by atoms with Gasteiger partial charge in [0.15, 0.2) is 0 Å². The van der Waals surface area contributed by atoms with E-state index in [0.717, 1.165) is 13.0 Å². The minimum atomic E-state index is -0.933. The van der Waals surface area contributed by atoms with E-state index in [4.69, 9.17) is 0 Å². The summed E-state index contributed by atoms with van der Waals surface area (Å²) in [4.78, 5) is 54.8. The summed E-state index contributed by atoms with van der Waals surface area (Å²) >= 11 is 0. The van der Waals surface area contributed by atoms with E-state index in [1.165, 1.54) is 29.9 Å². The molecule has 0 unspecified atom stereocenters. The number of hydrogen-bond donors (Lipinski definition) is 3. The Kier molecular flexibility index (Phi) is 8.63. The molecule has 2 aromatic rings. The fraction of sp³-hybridized carbons (Fsp3) is 0.519. The van der Waals surface area contributed by atoms with Gasteiger partial charge in [0.2, 0.25) is 17.7 Å². The number of aryl methyl sites for hydroxylation is 1. The summed E-state index contributed by atoms with van der Waals surface area (Å²) in [5.74, 6) is -2.15. The van der Waals surface area contributed by atoms with Crippen LogP contribution < -0.4 is 16.0 Å². The Morgan fingerprint density at radius 2 is 1.87 bits per heavy atom. The molecule has 0 spiro atoms. The molecular weight excluding hydrogens is 505 g/mol. The van der Waals surface area contributed by atoms with Crippen LogP contribution in [0.2, 0.25) is 0 Å². The van der Waals surface area contributed by atoms with Crippen molar-refractivity contribution in [2.75, 3.05) is 25.5 Å². The Morgan fingerprint density at radius 3 is 2.49 bits per heavy atom. The van der Waals surface area contributed by atoms with Gasteiger partial charge in [0.25, 0.3) is 5.91 Å². The molecule has 2 aliphatic rings. The molecule has 39 heavy (non-hydrogen) atoms. The highest BCUT2D eigenvalue weighted by atomic mass is 19.1. The van der Waals surface area contributed by atoms with Gasteiger partial charge in [-0.2, -0.15) is 5.10 Å². The molecule has 210 valence electrons. The molecule has 0 saturated carbocycles. The Balaban J connectivity index is 1.39. The standard InChI is InChI=1S/C27H36FN7O4/c1-5-24(36)31-22(27(39)34-15-18-13-19(34)14-33(18)4)12-17-7-8-21(20(28)11-17)32-25(37)16(3)30-26(38)23-9-10-29-35(23)6-2/h7-11,16,18-19,22H,5-6,12-15H2,1-4H3,(H,30,38)(H,31,36)(H,32,37)/t16-,18-,19-,22+/m0/s1. The van der Waals surface area contributed by atoms with Gasteiger partial charge in [0, 0.05) is 50.8 Å². The highest BCUT2D eigenvalue weighted by Crippen LogP contribution is 2.30. The van der Waals surface area contributed by atoms with Gasteiger partial charge >= 0.3 is 0 Å². The number of anilines is 1. The number of fused-ring (bicyclic) bond motifs is 2. The van der Waals surface area contributed by atoms with Crippen LogP contribution in [0.1, 0.15) is 49.7 Å². The Morgan fingerprint density at radius 1 is 1.10 bits per heavy atom. The van der Waals surface area contributed by atoms with Crippen LogP contribution in [0.3, 0.4) is 0 Å². The van der Waals surface area contributed by atoms with Crippen LogP contribution in [0.15, 0.2) is 30.5 Å². The zero-order valence-electron chi connectivity index (χ0n) is 22.7. The topological polar surface area (TPSA) is 129 Å². The van der Waals surface area contributed by atoms with Crippen LogP contribution in [0.4, 0.5) is 10.1 Å². The Labute approximate surface area is 227 Å². The number of hydrogen-bond acceptors (Lipinski definition) is 6. The van der Waals surface area contributed by atoms with E-state index in [1.807, 2.05) is 18.9 Å². The van der Waals surface area contributed by atoms with Crippen LogP contribution in [-0.4, -0.2) is 87.5 Å². The minimum Gasteiger partial charge on any atom is -0.344 e.